The fraction of sp³-hybridized carbons (Fsp3) is 0.161. The predicted molar refractivity (Wildman–Crippen MR) is 144 cm³/mol. The fourth-order valence-electron chi connectivity index (χ4n) is 3.78. The Hall–Kier alpha value is -4.49. The van der Waals surface area contributed by atoms with Gasteiger partial charge in [-0.3, -0.25) is 9.59 Å². The van der Waals surface area contributed by atoms with Gasteiger partial charge in [0.25, 0.3) is 0 Å². The highest BCUT2D eigenvalue weighted by molar-refractivity contribution is 5.97. The van der Waals surface area contributed by atoms with E-state index >= 15 is 0 Å². The molecule has 0 fully saturated rings. The molecule has 2 amide bonds. The molecule has 0 heterocycles. The Kier molecular flexibility index (Phi) is 9.21. The van der Waals surface area contributed by atoms with Gasteiger partial charge in [-0.1, -0.05) is 60.2 Å². The number of amides is 2. The van der Waals surface area contributed by atoms with Crippen molar-refractivity contribution < 1.29 is 23.5 Å². The molecule has 0 spiro atoms. The maximum atomic E-state index is 13.1. The van der Waals surface area contributed by atoms with Gasteiger partial charge in [0.05, 0.1) is 19.6 Å². The van der Waals surface area contributed by atoms with Crippen LogP contribution in [0.1, 0.15) is 16.7 Å². The molecule has 0 aliphatic rings. The minimum absolute atomic E-state index is 0.00600. The van der Waals surface area contributed by atoms with Crippen molar-refractivity contribution >= 4 is 17.5 Å². The zero-order chi connectivity index (χ0) is 26.7. The molecule has 194 valence electrons. The first-order valence-electron chi connectivity index (χ1n) is 12.3. The molecular formula is C31H29FN2O4. The molecule has 6 nitrogen and oxygen atoms in total. The van der Waals surface area contributed by atoms with E-state index in [9.17, 15) is 14.0 Å². The number of hydrogen-bond donors (Lipinski definition) is 2. The van der Waals surface area contributed by atoms with Gasteiger partial charge in [0, 0.05) is 5.69 Å². The topological polar surface area (TPSA) is 76.7 Å². The van der Waals surface area contributed by atoms with Crippen LogP contribution in [0.25, 0.3) is 0 Å². The summed E-state index contributed by atoms with van der Waals surface area (Å²) in [6.07, 6.45) is 0.152. The molecule has 2 N–H and O–H groups in total. The average molecular weight is 513 g/mol. The number of ether oxygens (including phenoxy) is 2. The van der Waals surface area contributed by atoms with Gasteiger partial charge in [0.1, 0.15) is 23.4 Å². The fourth-order valence-corrected chi connectivity index (χ4v) is 3.78. The van der Waals surface area contributed by atoms with Crippen molar-refractivity contribution in [2.24, 2.45) is 0 Å². The number of benzene rings is 4. The Morgan fingerprint density at radius 1 is 0.816 bits per heavy atom. The lowest BCUT2D eigenvalue weighted by Gasteiger charge is -2.19. The van der Waals surface area contributed by atoms with E-state index in [2.05, 4.69) is 10.6 Å². The van der Waals surface area contributed by atoms with Crippen molar-refractivity contribution in [3.8, 4) is 11.5 Å². The Morgan fingerprint density at radius 3 is 2.16 bits per heavy atom. The van der Waals surface area contributed by atoms with Gasteiger partial charge >= 0.3 is 0 Å². The summed E-state index contributed by atoms with van der Waals surface area (Å²) in [5, 5.41) is 5.64. The highest BCUT2D eigenvalue weighted by atomic mass is 19.1. The van der Waals surface area contributed by atoms with Gasteiger partial charge in [0.2, 0.25) is 11.8 Å². The molecular weight excluding hydrogens is 483 g/mol. The Labute approximate surface area is 221 Å². The van der Waals surface area contributed by atoms with Gasteiger partial charge < -0.3 is 20.1 Å². The standard InChI is InChI=1S/C31H29FN2O4/c1-22-6-5-9-24(18-22)19-30(35)34-29(21-37-20-23-7-3-2-4-8-23)31(36)33-26-12-16-28(17-13-26)38-27-14-10-25(32)11-15-27/h2-18,29H,19-21H2,1H3,(H,33,36)(H,34,35). The average Bonchev–Trinajstić information content (AvgIpc) is 2.91. The summed E-state index contributed by atoms with van der Waals surface area (Å²) in [7, 11) is 0. The monoisotopic (exact) mass is 512 g/mol. The van der Waals surface area contributed by atoms with E-state index in [0.29, 0.717) is 23.8 Å². The minimum Gasteiger partial charge on any atom is -0.457 e. The molecule has 0 saturated carbocycles. The summed E-state index contributed by atoms with van der Waals surface area (Å²) < 4.78 is 24.6. The van der Waals surface area contributed by atoms with Crippen molar-refractivity contribution in [3.05, 3.63) is 126 Å². The first-order chi connectivity index (χ1) is 18.4. The number of carbonyl (C=O) groups is 2. The quantitative estimate of drug-likeness (QED) is 0.266. The summed E-state index contributed by atoms with van der Waals surface area (Å²) >= 11 is 0. The summed E-state index contributed by atoms with van der Waals surface area (Å²) in [5.41, 5.74) is 3.42. The van der Waals surface area contributed by atoms with Crippen molar-refractivity contribution in [2.75, 3.05) is 11.9 Å². The van der Waals surface area contributed by atoms with E-state index < -0.39 is 11.9 Å². The molecule has 7 heteroatoms. The third-order valence-electron chi connectivity index (χ3n) is 5.67. The highest BCUT2D eigenvalue weighted by Crippen LogP contribution is 2.23. The second-order valence-corrected chi connectivity index (χ2v) is 8.86. The van der Waals surface area contributed by atoms with Crippen LogP contribution in [0.15, 0.2) is 103 Å². The smallest absolute Gasteiger partial charge is 0.249 e. The van der Waals surface area contributed by atoms with E-state index in [0.717, 1.165) is 16.7 Å². The number of carbonyl (C=O) groups excluding carboxylic acids is 2. The van der Waals surface area contributed by atoms with Crippen LogP contribution in [0, 0.1) is 12.7 Å². The Balaban J connectivity index is 1.38. The lowest BCUT2D eigenvalue weighted by atomic mass is 10.1. The summed E-state index contributed by atoms with van der Waals surface area (Å²) in [5.74, 6) is 0.00703. The van der Waals surface area contributed by atoms with Gasteiger partial charge in [-0.15, -0.1) is 0 Å². The zero-order valence-electron chi connectivity index (χ0n) is 21.0. The van der Waals surface area contributed by atoms with E-state index in [1.807, 2.05) is 61.5 Å². The van der Waals surface area contributed by atoms with Crippen LogP contribution in [0.2, 0.25) is 0 Å². The molecule has 1 unspecified atom stereocenters. The largest absolute Gasteiger partial charge is 0.457 e. The molecule has 0 radical (unpaired) electrons. The van der Waals surface area contributed by atoms with Crippen molar-refractivity contribution in [2.45, 2.75) is 26.0 Å². The predicted octanol–water partition coefficient (Wildman–Crippen LogP) is 5.81. The van der Waals surface area contributed by atoms with Crippen LogP contribution in [0.3, 0.4) is 0 Å². The van der Waals surface area contributed by atoms with Crippen LogP contribution in [-0.2, 0) is 27.4 Å². The van der Waals surface area contributed by atoms with E-state index in [4.69, 9.17) is 9.47 Å². The summed E-state index contributed by atoms with van der Waals surface area (Å²) in [6, 6.07) is 28.8. The van der Waals surface area contributed by atoms with Gasteiger partial charge in [-0.05, 0) is 66.6 Å². The van der Waals surface area contributed by atoms with Gasteiger partial charge in [0.15, 0.2) is 0 Å². The maximum Gasteiger partial charge on any atom is 0.249 e. The first kappa shape index (κ1) is 26.6. The number of aryl methyl sites for hydroxylation is 1. The summed E-state index contributed by atoms with van der Waals surface area (Å²) in [6.45, 7) is 2.28. The maximum absolute atomic E-state index is 13.1. The third kappa shape index (κ3) is 8.28. The highest BCUT2D eigenvalue weighted by Gasteiger charge is 2.22. The van der Waals surface area contributed by atoms with Crippen LogP contribution in [0.4, 0.5) is 10.1 Å². The SMILES string of the molecule is Cc1cccc(CC(=O)NC(COCc2ccccc2)C(=O)Nc2ccc(Oc3ccc(F)cc3)cc2)c1. The molecule has 0 saturated heterocycles. The molecule has 1 atom stereocenters. The van der Waals surface area contributed by atoms with E-state index in [1.54, 1.807) is 24.3 Å². The Morgan fingerprint density at radius 2 is 1.47 bits per heavy atom. The number of rotatable bonds is 11. The second-order valence-electron chi connectivity index (χ2n) is 8.86. The van der Waals surface area contributed by atoms with Crippen LogP contribution in [-0.4, -0.2) is 24.5 Å². The summed E-state index contributed by atoms with van der Waals surface area (Å²) in [4.78, 5) is 25.9. The number of hydrogen-bond acceptors (Lipinski definition) is 4. The normalized spacial score (nSPS) is 11.4. The molecule has 0 aromatic heterocycles. The van der Waals surface area contributed by atoms with Gasteiger partial charge in [-0.25, -0.2) is 4.39 Å². The van der Waals surface area contributed by atoms with Crippen molar-refractivity contribution in [1.29, 1.82) is 0 Å². The van der Waals surface area contributed by atoms with Crippen LogP contribution < -0.4 is 15.4 Å². The molecule has 4 aromatic carbocycles. The molecule has 0 aliphatic carbocycles. The molecule has 4 aromatic rings. The number of halogens is 1. The minimum atomic E-state index is -0.897. The Bertz CT molecular complexity index is 1340. The van der Waals surface area contributed by atoms with Crippen molar-refractivity contribution in [1.82, 2.24) is 5.32 Å². The van der Waals surface area contributed by atoms with Crippen molar-refractivity contribution in [3.63, 3.8) is 0 Å². The van der Waals surface area contributed by atoms with E-state index in [-0.39, 0.29) is 24.8 Å². The lowest BCUT2D eigenvalue weighted by Crippen LogP contribution is -2.47. The molecule has 0 bridgehead atoms. The van der Waals surface area contributed by atoms with Crippen LogP contribution >= 0.6 is 0 Å². The lowest BCUT2D eigenvalue weighted by molar-refractivity contribution is -0.127. The molecule has 38 heavy (non-hydrogen) atoms. The second kappa shape index (κ2) is 13.2. The van der Waals surface area contributed by atoms with Crippen LogP contribution in [0.5, 0.6) is 11.5 Å². The first-order valence-corrected chi connectivity index (χ1v) is 12.3. The molecule has 4 rings (SSSR count). The third-order valence-corrected chi connectivity index (χ3v) is 5.67. The molecule has 0 aliphatic heterocycles. The van der Waals surface area contributed by atoms with Gasteiger partial charge in [-0.2, -0.15) is 0 Å². The van der Waals surface area contributed by atoms with E-state index in [1.165, 1.54) is 24.3 Å². The number of anilines is 1. The zero-order valence-corrected chi connectivity index (χ0v) is 21.0. The number of nitrogens with one attached hydrogen (secondary N) is 2.